The van der Waals surface area contributed by atoms with Gasteiger partial charge in [-0.15, -0.1) is 0 Å². The van der Waals surface area contributed by atoms with Gasteiger partial charge in [0.1, 0.15) is 0 Å². The van der Waals surface area contributed by atoms with Gasteiger partial charge in [-0.05, 0) is 11.5 Å². The molecule has 4 nitrogen and oxygen atoms in total. The maximum Gasteiger partial charge on any atom is 0.0708 e. The van der Waals surface area contributed by atoms with E-state index in [2.05, 4.69) is 50.7 Å². The highest BCUT2D eigenvalue weighted by Gasteiger charge is 1.98. The van der Waals surface area contributed by atoms with Crippen molar-refractivity contribution in [2.24, 2.45) is 0 Å². The van der Waals surface area contributed by atoms with E-state index in [0.717, 1.165) is 5.52 Å². The number of rotatable bonds is 0. The number of hydrogen-bond donors (Lipinski definition) is 1. The average molecular weight is 248 g/mol. The van der Waals surface area contributed by atoms with Gasteiger partial charge in [-0.3, -0.25) is 4.98 Å². The number of aromatic nitrogens is 4. The second kappa shape index (κ2) is 5.27. The van der Waals surface area contributed by atoms with Crippen molar-refractivity contribution in [3.63, 3.8) is 0 Å². The second-order valence-electron chi connectivity index (χ2n) is 4.02. The summed E-state index contributed by atoms with van der Waals surface area (Å²) >= 11 is 0. The number of fused-ring (bicyclic) bond motifs is 3. The lowest BCUT2D eigenvalue weighted by atomic mass is 10.1. The average Bonchev–Trinajstić information content (AvgIpc) is 3.07. The zero-order valence-corrected chi connectivity index (χ0v) is 10.2. The molecule has 0 aliphatic carbocycles. The van der Waals surface area contributed by atoms with E-state index in [1.807, 2.05) is 24.4 Å². The van der Waals surface area contributed by atoms with E-state index in [-0.39, 0.29) is 0 Å². The van der Waals surface area contributed by atoms with Gasteiger partial charge in [-0.25, -0.2) is 0 Å². The van der Waals surface area contributed by atoms with E-state index >= 15 is 0 Å². The monoisotopic (exact) mass is 248 g/mol. The normalized spacial score (nSPS) is 10.1. The van der Waals surface area contributed by atoms with Crippen LogP contribution in [0.15, 0.2) is 67.1 Å². The van der Waals surface area contributed by atoms with Crippen molar-refractivity contribution in [3.05, 3.63) is 67.1 Å². The lowest BCUT2D eigenvalue weighted by Crippen LogP contribution is -1.80. The Morgan fingerprint density at radius 3 is 2.16 bits per heavy atom. The first kappa shape index (κ1) is 11.3. The summed E-state index contributed by atoms with van der Waals surface area (Å²) in [5.74, 6) is 0. The van der Waals surface area contributed by atoms with Crippen LogP contribution in [0.1, 0.15) is 0 Å². The third-order valence-corrected chi connectivity index (χ3v) is 2.83. The van der Waals surface area contributed by atoms with Crippen LogP contribution < -0.4 is 0 Å². The van der Waals surface area contributed by atoms with Gasteiger partial charge in [0.25, 0.3) is 0 Å². The molecular weight excluding hydrogens is 236 g/mol. The molecule has 0 bridgehead atoms. The molecule has 0 saturated heterocycles. The largest absolute Gasteiger partial charge is 0.256 e. The first-order valence-corrected chi connectivity index (χ1v) is 5.97. The summed E-state index contributed by atoms with van der Waals surface area (Å²) in [6.45, 7) is 0. The van der Waals surface area contributed by atoms with Crippen LogP contribution in [0, 0.1) is 0 Å². The smallest absolute Gasteiger partial charge is 0.0708 e. The Hall–Kier alpha value is -2.75. The first-order chi connectivity index (χ1) is 9.45. The molecule has 2 aromatic heterocycles. The number of H-pyrrole nitrogens is 1. The van der Waals surface area contributed by atoms with Crippen molar-refractivity contribution in [3.8, 4) is 0 Å². The molecule has 0 radical (unpaired) electrons. The molecule has 4 aromatic rings. The summed E-state index contributed by atoms with van der Waals surface area (Å²) in [5, 5.41) is 13.0. The fraction of sp³-hybridized carbons (Fsp3) is 0. The Labute approximate surface area is 110 Å². The minimum Gasteiger partial charge on any atom is -0.256 e. The molecule has 0 unspecified atom stereocenters. The SMILES string of the molecule is c1ccc2c(c1)cnc1ccccc12.c1cn[nH]n1. The van der Waals surface area contributed by atoms with E-state index in [1.165, 1.54) is 16.2 Å². The third-order valence-electron chi connectivity index (χ3n) is 2.83. The van der Waals surface area contributed by atoms with Crippen LogP contribution in [0.3, 0.4) is 0 Å². The number of aromatic amines is 1. The molecule has 2 aromatic carbocycles. The number of nitrogens with zero attached hydrogens (tertiary/aromatic N) is 3. The van der Waals surface area contributed by atoms with Crippen LogP contribution in [0.5, 0.6) is 0 Å². The molecule has 19 heavy (non-hydrogen) atoms. The number of hydrogen-bond acceptors (Lipinski definition) is 3. The Morgan fingerprint density at radius 1 is 0.737 bits per heavy atom. The van der Waals surface area contributed by atoms with Crippen LogP contribution >= 0.6 is 0 Å². The molecule has 0 fully saturated rings. The van der Waals surface area contributed by atoms with Crippen LogP contribution in [0.25, 0.3) is 21.7 Å². The molecule has 0 atom stereocenters. The topological polar surface area (TPSA) is 54.5 Å². The maximum atomic E-state index is 4.41. The molecule has 92 valence electrons. The molecule has 0 saturated carbocycles. The molecule has 2 heterocycles. The van der Waals surface area contributed by atoms with Crippen LogP contribution in [0.4, 0.5) is 0 Å². The molecule has 0 aliphatic heterocycles. The van der Waals surface area contributed by atoms with Gasteiger partial charge < -0.3 is 0 Å². The zero-order chi connectivity index (χ0) is 12.9. The van der Waals surface area contributed by atoms with E-state index in [0.29, 0.717) is 0 Å². The van der Waals surface area contributed by atoms with Crippen molar-refractivity contribution >= 4 is 21.7 Å². The summed E-state index contributed by atoms with van der Waals surface area (Å²) in [4.78, 5) is 4.41. The molecular formula is C15H12N4. The summed E-state index contributed by atoms with van der Waals surface area (Å²) in [5.41, 5.74) is 1.06. The maximum absolute atomic E-state index is 4.41. The van der Waals surface area contributed by atoms with Crippen LogP contribution in [-0.4, -0.2) is 20.4 Å². The quantitative estimate of drug-likeness (QED) is 0.486. The molecule has 0 spiro atoms. The summed E-state index contributed by atoms with van der Waals surface area (Å²) in [6, 6.07) is 16.6. The predicted molar refractivity (Wildman–Crippen MR) is 75.6 cm³/mol. The molecule has 1 N–H and O–H groups in total. The molecule has 0 aliphatic rings. The lowest BCUT2D eigenvalue weighted by molar-refractivity contribution is 0.940. The van der Waals surface area contributed by atoms with Crippen molar-refractivity contribution < 1.29 is 0 Å². The first-order valence-electron chi connectivity index (χ1n) is 5.97. The second-order valence-corrected chi connectivity index (χ2v) is 4.02. The number of nitrogens with one attached hydrogen (secondary N) is 1. The Bertz CT molecular complexity index is 706. The predicted octanol–water partition coefficient (Wildman–Crippen LogP) is 3.19. The van der Waals surface area contributed by atoms with Gasteiger partial charge in [0.05, 0.1) is 17.9 Å². The van der Waals surface area contributed by atoms with Crippen molar-refractivity contribution in [2.75, 3.05) is 0 Å². The van der Waals surface area contributed by atoms with Crippen LogP contribution in [0.2, 0.25) is 0 Å². The Kier molecular flexibility index (Phi) is 3.14. The summed E-state index contributed by atoms with van der Waals surface area (Å²) in [6.07, 6.45) is 5.09. The zero-order valence-electron chi connectivity index (χ0n) is 10.2. The van der Waals surface area contributed by atoms with E-state index in [4.69, 9.17) is 0 Å². The highest BCUT2D eigenvalue weighted by molar-refractivity contribution is 6.05. The van der Waals surface area contributed by atoms with Gasteiger partial charge in [-0.2, -0.15) is 15.4 Å². The van der Waals surface area contributed by atoms with Gasteiger partial charge >= 0.3 is 0 Å². The molecule has 4 heteroatoms. The fourth-order valence-electron chi connectivity index (χ4n) is 1.97. The van der Waals surface area contributed by atoms with Crippen molar-refractivity contribution in [1.29, 1.82) is 0 Å². The minimum atomic E-state index is 1.06. The van der Waals surface area contributed by atoms with Crippen molar-refractivity contribution in [2.45, 2.75) is 0 Å². The summed E-state index contributed by atoms with van der Waals surface area (Å²) < 4.78 is 0. The van der Waals surface area contributed by atoms with E-state index < -0.39 is 0 Å². The third kappa shape index (κ3) is 2.42. The molecule has 0 amide bonds. The van der Waals surface area contributed by atoms with Gasteiger partial charge in [-0.1, -0.05) is 42.5 Å². The van der Waals surface area contributed by atoms with E-state index in [9.17, 15) is 0 Å². The Balaban J connectivity index is 0.000000187. The van der Waals surface area contributed by atoms with Gasteiger partial charge in [0, 0.05) is 17.0 Å². The van der Waals surface area contributed by atoms with Gasteiger partial charge in [0.2, 0.25) is 0 Å². The number of para-hydroxylation sites is 1. The van der Waals surface area contributed by atoms with Crippen molar-refractivity contribution in [1.82, 2.24) is 20.4 Å². The minimum absolute atomic E-state index is 1.06. The summed E-state index contributed by atoms with van der Waals surface area (Å²) in [7, 11) is 0. The Morgan fingerprint density at radius 2 is 1.42 bits per heavy atom. The fourth-order valence-corrected chi connectivity index (χ4v) is 1.97. The number of pyridine rings is 1. The van der Waals surface area contributed by atoms with Crippen LogP contribution in [-0.2, 0) is 0 Å². The number of benzene rings is 2. The standard InChI is InChI=1S/C13H9N.C2H3N3/c1-2-6-11-10(5-1)9-14-13-8-4-3-7-12(11)13;1-2-4-5-3-1/h1-9H;1-2H,(H,3,4,5). The van der Waals surface area contributed by atoms with Gasteiger partial charge in [0.15, 0.2) is 0 Å². The molecule has 4 rings (SSSR count). The highest BCUT2D eigenvalue weighted by Crippen LogP contribution is 2.22. The van der Waals surface area contributed by atoms with E-state index in [1.54, 1.807) is 12.4 Å². The highest BCUT2D eigenvalue weighted by atomic mass is 15.3. The lowest BCUT2D eigenvalue weighted by Gasteiger charge is -2.01.